The summed E-state index contributed by atoms with van der Waals surface area (Å²) >= 11 is 9.25. The molecule has 0 N–H and O–H groups in total. The molecule has 1 unspecified atom stereocenters. The van der Waals surface area contributed by atoms with Crippen LogP contribution in [0.15, 0.2) is 40.9 Å². The van der Waals surface area contributed by atoms with E-state index >= 15 is 0 Å². The van der Waals surface area contributed by atoms with Crippen molar-refractivity contribution in [2.24, 2.45) is 0 Å². The first-order chi connectivity index (χ1) is 9.91. The van der Waals surface area contributed by atoms with E-state index in [1.165, 1.54) is 12.1 Å². The molecular weight excluding hydrogens is 360 g/mol. The fourth-order valence-corrected chi connectivity index (χ4v) is 2.82. The minimum Gasteiger partial charge on any atom is -0.295 e. The lowest BCUT2D eigenvalue weighted by molar-refractivity contribution is 0.245. The molecule has 0 amide bonds. The summed E-state index contributed by atoms with van der Waals surface area (Å²) in [7, 11) is 1.81. The molecule has 0 spiro atoms. The van der Waals surface area contributed by atoms with Gasteiger partial charge in [0.1, 0.15) is 11.6 Å². The van der Waals surface area contributed by atoms with E-state index in [9.17, 15) is 8.78 Å². The lowest BCUT2D eigenvalue weighted by atomic mass is 10.1. The van der Waals surface area contributed by atoms with Crippen LogP contribution in [-0.4, -0.2) is 11.9 Å². The summed E-state index contributed by atoms with van der Waals surface area (Å²) in [6.45, 7) is 2.11. The Morgan fingerprint density at radius 1 is 1.19 bits per heavy atom. The molecule has 0 saturated heterocycles. The molecule has 2 aromatic rings. The fourth-order valence-electron chi connectivity index (χ4n) is 2.15. The van der Waals surface area contributed by atoms with Gasteiger partial charge in [0.05, 0.1) is 4.47 Å². The lowest BCUT2D eigenvalue weighted by Crippen LogP contribution is -2.23. The van der Waals surface area contributed by atoms with Crippen LogP contribution in [0.1, 0.15) is 24.1 Å². The number of nitrogens with zero attached hydrogens (tertiary/aromatic N) is 1. The molecule has 0 aliphatic carbocycles. The summed E-state index contributed by atoms with van der Waals surface area (Å²) in [5.74, 6) is -1.11. The van der Waals surface area contributed by atoms with Crippen molar-refractivity contribution >= 4 is 27.5 Å². The van der Waals surface area contributed by atoms with Gasteiger partial charge < -0.3 is 0 Å². The summed E-state index contributed by atoms with van der Waals surface area (Å²) in [4.78, 5) is 1.86. The first-order valence-electron chi connectivity index (χ1n) is 6.49. The molecule has 0 fully saturated rings. The maximum absolute atomic E-state index is 14.0. The molecule has 0 aliphatic heterocycles. The summed E-state index contributed by atoms with van der Waals surface area (Å²) in [5, 5.41) is 0.645. The second-order valence-electron chi connectivity index (χ2n) is 4.93. The van der Waals surface area contributed by atoms with E-state index in [1.54, 1.807) is 0 Å². The van der Waals surface area contributed by atoms with E-state index in [0.29, 0.717) is 5.02 Å². The molecule has 0 aromatic heterocycles. The van der Waals surface area contributed by atoms with Crippen molar-refractivity contribution in [3.8, 4) is 0 Å². The number of halogens is 4. The highest BCUT2D eigenvalue weighted by Gasteiger charge is 2.19. The first kappa shape index (κ1) is 16.4. The van der Waals surface area contributed by atoms with Crippen LogP contribution in [0.25, 0.3) is 0 Å². The van der Waals surface area contributed by atoms with Gasteiger partial charge in [-0.1, -0.05) is 29.8 Å². The molecule has 1 nitrogen and oxygen atoms in total. The van der Waals surface area contributed by atoms with E-state index in [4.69, 9.17) is 11.6 Å². The standard InChI is InChI=1S/C16H15BrClF2N/c1-10(11-5-3-4-6-14(11)18)21(2)9-12-15(19)8-7-13(17)16(12)20/h3-8,10H,9H2,1-2H3. The van der Waals surface area contributed by atoms with Gasteiger partial charge >= 0.3 is 0 Å². The van der Waals surface area contributed by atoms with Gasteiger partial charge in [-0.25, -0.2) is 8.78 Å². The van der Waals surface area contributed by atoms with Gasteiger partial charge in [-0.3, -0.25) is 4.90 Å². The van der Waals surface area contributed by atoms with Crippen molar-refractivity contribution in [1.82, 2.24) is 4.90 Å². The molecule has 0 aliphatic rings. The molecule has 0 bridgehead atoms. The smallest absolute Gasteiger partial charge is 0.144 e. The van der Waals surface area contributed by atoms with Crippen LogP contribution in [-0.2, 0) is 6.54 Å². The third-order valence-corrected chi connectivity index (χ3v) is 4.52. The normalized spacial score (nSPS) is 12.7. The minimum atomic E-state index is -0.562. The second-order valence-corrected chi connectivity index (χ2v) is 6.20. The van der Waals surface area contributed by atoms with Gasteiger partial charge in [0.15, 0.2) is 0 Å². The first-order valence-corrected chi connectivity index (χ1v) is 7.66. The zero-order valence-corrected chi connectivity index (χ0v) is 14.0. The average Bonchev–Trinajstić information content (AvgIpc) is 2.47. The van der Waals surface area contributed by atoms with Gasteiger partial charge in [0.2, 0.25) is 0 Å². The Balaban J connectivity index is 2.24. The highest BCUT2D eigenvalue weighted by molar-refractivity contribution is 9.10. The second kappa shape index (κ2) is 6.86. The van der Waals surface area contributed by atoms with Crippen molar-refractivity contribution in [2.75, 3.05) is 7.05 Å². The van der Waals surface area contributed by atoms with Crippen LogP contribution in [0.4, 0.5) is 8.78 Å². The van der Waals surface area contributed by atoms with Gasteiger partial charge in [-0.2, -0.15) is 0 Å². The zero-order valence-electron chi connectivity index (χ0n) is 11.7. The van der Waals surface area contributed by atoms with Crippen molar-refractivity contribution < 1.29 is 8.78 Å². The molecule has 1 atom stereocenters. The maximum Gasteiger partial charge on any atom is 0.144 e. The third kappa shape index (κ3) is 3.62. The zero-order chi connectivity index (χ0) is 15.6. The summed E-state index contributed by atoms with van der Waals surface area (Å²) in [5.41, 5.74) is 0.975. The Labute approximate surface area is 136 Å². The molecule has 0 heterocycles. The number of hydrogen-bond donors (Lipinski definition) is 0. The van der Waals surface area contributed by atoms with Gasteiger partial charge in [0, 0.05) is 23.2 Å². The van der Waals surface area contributed by atoms with Gasteiger partial charge in [-0.05, 0) is 53.7 Å². The lowest BCUT2D eigenvalue weighted by Gasteiger charge is -2.26. The molecule has 21 heavy (non-hydrogen) atoms. The van der Waals surface area contributed by atoms with Crippen LogP contribution in [0, 0.1) is 11.6 Å². The average molecular weight is 375 g/mol. The molecular formula is C16H15BrClF2N. The van der Waals surface area contributed by atoms with Crippen molar-refractivity contribution in [1.29, 1.82) is 0 Å². The Morgan fingerprint density at radius 3 is 2.52 bits per heavy atom. The van der Waals surface area contributed by atoms with Crippen LogP contribution >= 0.6 is 27.5 Å². The van der Waals surface area contributed by atoms with E-state index in [-0.39, 0.29) is 22.6 Å². The largest absolute Gasteiger partial charge is 0.295 e. The van der Waals surface area contributed by atoms with Crippen LogP contribution in [0.2, 0.25) is 5.02 Å². The number of hydrogen-bond acceptors (Lipinski definition) is 1. The Kier molecular flexibility index (Phi) is 5.36. The topological polar surface area (TPSA) is 3.24 Å². The minimum absolute atomic E-state index is 0.0470. The van der Waals surface area contributed by atoms with Crippen molar-refractivity contribution in [3.05, 3.63) is 68.7 Å². The summed E-state index contributed by atoms with van der Waals surface area (Å²) < 4.78 is 28.1. The van der Waals surface area contributed by atoms with E-state index in [2.05, 4.69) is 15.9 Å². The number of rotatable bonds is 4. The molecule has 5 heteroatoms. The molecule has 112 valence electrons. The SMILES string of the molecule is CC(c1ccccc1Cl)N(C)Cc1c(F)ccc(Br)c1F. The Morgan fingerprint density at radius 2 is 1.86 bits per heavy atom. The molecule has 2 rings (SSSR count). The highest BCUT2D eigenvalue weighted by atomic mass is 79.9. The molecule has 0 radical (unpaired) electrons. The van der Waals surface area contributed by atoms with E-state index in [1.807, 2.05) is 43.1 Å². The summed E-state index contributed by atoms with van der Waals surface area (Å²) in [6, 6.07) is 10.0. The summed E-state index contributed by atoms with van der Waals surface area (Å²) in [6.07, 6.45) is 0. The maximum atomic E-state index is 14.0. The third-order valence-electron chi connectivity index (χ3n) is 3.56. The quantitative estimate of drug-likeness (QED) is 0.632. The monoisotopic (exact) mass is 373 g/mol. The Hall–Kier alpha value is -0.970. The predicted octanol–water partition coefficient (Wildman–Crippen LogP) is 5.57. The van der Waals surface area contributed by atoms with Crippen LogP contribution in [0.5, 0.6) is 0 Å². The van der Waals surface area contributed by atoms with Gasteiger partial charge in [0.25, 0.3) is 0 Å². The number of benzene rings is 2. The van der Waals surface area contributed by atoms with Crippen molar-refractivity contribution in [3.63, 3.8) is 0 Å². The van der Waals surface area contributed by atoms with Crippen molar-refractivity contribution in [2.45, 2.75) is 19.5 Å². The predicted molar refractivity (Wildman–Crippen MR) is 85.4 cm³/mol. The van der Waals surface area contributed by atoms with E-state index in [0.717, 1.165) is 5.56 Å². The highest BCUT2D eigenvalue weighted by Crippen LogP contribution is 2.29. The molecule has 2 aromatic carbocycles. The molecule has 0 saturated carbocycles. The van der Waals surface area contributed by atoms with Gasteiger partial charge in [-0.15, -0.1) is 0 Å². The van der Waals surface area contributed by atoms with Crippen LogP contribution < -0.4 is 0 Å². The Bertz CT molecular complexity index is 648. The fraction of sp³-hybridized carbons (Fsp3) is 0.250. The van der Waals surface area contributed by atoms with E-state index < -0.39 is 11.6 Å². The van der Waals surface area contributed by atoms with Crippen LogP contribution in [0.3, 0.4) is 0 Å².